The summed E-state index contributed by atoms with van der Waals surface area (Å²) in [6.07, 6.45) is 2.79. The van der Waals surface area contributed by atoms with Crippen molar-refractivity contribution in [1.82, 2.24) is 19.2 Å². The molecule has 0 aliphatic carbocycles. The first-order chi connectivity index (χ1) is 20.1. The molecule has 0 fully saturated rings. The number of methoxy groups -OCH3 is 1. The molecule has 0 spiro atoms. The van der Waals surface area contributed by atoms with E-state index in [1.165, 1.54) is 0 Å². The molecular formula is C33H33N5O3. The van der Waals surface area contributed by atoms with Gasteiger partial charge in [0, 0.05) is 17.4 Å². The lowest BCUT2D eigenvalue weighted by molar-refractivity contribution is 0.194. The predicted octanol–water partition coefficient (Wildman–Crippen LogP) is 6.77. The van der Waals surface area contributed by atoms with Crippen LogP contribution in [0.4, 0.5) is 10.5 Å². The molecule has 5 aromatic rings. The summed E-state index contributed by atoms with van der Waals surface area (Å²) in [6.45, 7) is 5.02. The molecule has 2 aromatic heterocycles. The Morgan fingerprint density at radius 3 is 2.34 bits per heavy atom. The van der Waals surface area contributed by atoms with Gasteiger partial charge in [-0.1, -0.05) is 37.3 Å². The minimum Gasteiger partial charge on any atom is -0.497 e. The van der Waals surface area contributed by atoms with E-state index in [4.69, 9.17) is 14.6 Å². The zero-order valence-corrected chi connectivity index (χ0v) is 23.4. The van der Waals surface area contributed by atoms with E-state index in [-0.39, 0.29) is 12.1 Å². The van der Waals surface area contributed by atoms with Crippen molar-refractivity contribution >= 4 is 11.7 Å². The summed E-state index contributed by atoms with van der Waals surface area (Å²) in [7, 11) is 1.65. The van der Waals surface area contributed by atoms with Gasteiger partial charge >= 0.3 is 6.03 Å². The van der Waals surface area contributed by atoms with Gasteiger partial charge in [-0.2, -0.15) is 5.10 Å². The summed E-state index contributed by atoms with van der Waals surface area (Å²) in [6, 6.07) is 29.1. The molecule has 3 heterocycles. The van der Waals surface area contributed by atoms with Crippen LogP contribution in [-0.4, -0.2) is 39.0 Å². The van der Waals surface area contributed by atoms with E-state index >= 15 is 0 Å². The number of para-hydroxylation sites is 1. The van der Waals surface area contributed by atoms with Gasteiger partial charge < -0.3 is 24.3 Å². The topological polar surface area (TPSA) is 73.5 Å². The molecule has 41 heavy (non-hydrogen) atoms. The van der Waals surface area contributed by atoms with Gasteiger partial charge in [-0.25, -0.2) is 9.48 Å². The normalized spacial score (nSPS) is 14.1. The Morgan fingerprint density at radius 1 is 0.927 bits per heavy atom. The van der Waals surface area contributed by atoms with Crippen molar-refractivity contribution in [2.75, 3.05) is 19.0 Å². The van der Waals surface area contributed by atoms with Crippen LogP contribution in [0.5, 0.6) is 11.5 Å². The van der Waals surface area contributed by atoms with Gasteiger partial charge in [-0.3, -0.25) is 0 Å². The molecule has 0 radical (unpaired) electrons. The summed E-state index contributed by atoms with van der Waals surface area (Å²) in [4.78, 5) is 16.1. The molecule has 1 aliphatic heterocycles. The van der Waals surface area contributed by atoms with Crippen LogP contribution in [0.15, 0.2) is 97.2 Å². The van der Waals surface area contributed by atoms with Crippen LogP contribution in [-0.2, 0) is 13.0 Å². The number of amides is 2. The lowest BCUT2D eigenvalue weighted by Crippen LogP contribution is -2.38. The van der Waals surface area contributed by atoms with Gasteiger partial charge in [-0.05, 0) is 79.6 Å². The highest BCUT2D eigenvalue weighted by Crippen LogP contribution is 2.39. The van der Waals surface area contributed by atoms with Crippen molar-refractivity contribution < 1.29 is 14.3 Å². The molecule has 0 unspecified atom stereocenters. The van der Waals surface area contributed by atoms with Crippen molar-refractivity contribution in [2.45, 2.75) is 32.9 Å². The minimum absolute atomic E-state index is 0.204. The molecule has 2 amide bonds. The number of carbonyl (C=O) groups excluding carboxylic acids is 1. The minimum atomic E-state index is -0.361. The number of aryl methyl sites for hydroxylation is 1. The number of fused-ring (bicyclic) bond motifs is 3. The van der Waals surface area contributed by atoms with E-state index in [9.17, 15) is 4.79 Å². The lowest BCUT2D eigenvalue weighted by Gasteiger charge is -2.31. The van der Waals surface area contributed by atoms with Gasteiger partial charge in [0.1, 0.15) is 17.3 Å². The summed E-state index contributed by atoms with van der Waals surface area (Å²) < 4.78 is 15.2. The first-order valence-corrected chi connectivity index (χ1v) is 13.9. The van der Waals surface area contributed by atoms with Crippen molar-refractivity contribution in [3.8, 4) is 23.0 Å². The number of ether oxygens (including phenoxy) is 2. The molecule has 0 bridgehead atoms. The van der Waals surface area contributed by atoms with Crippen LogP contribution in [0.1, 0.15) is 42.4 Å². The summed E-state index contributed by atoms with van der Waals surface area (Å²) in [5, 5.41) is 8.16. The fourth-order valence-electron chi connectivity index (χ4n) is 5.48. The number of rotatable bonds is 7. The molecule has 0 saturated carbocycles. The molecule has 1 aliphatic rings. The number of hydrogen-bond donors (Lipinski definition) is 1. The number of benzene rings is 3. The van der Waals surface area contributed by atoms with Gasteiger partial charge in [0.15, 0.2) is 0 Å². The highest BCUT2D eigenvalue weighted by atomic mass is 16.5. The zero-order chi connectivity index (χ0) is 28.3. The van der Waals surface area contributed by atoms with Crippen molar-refractivity contribution in [2.24, 2.45) is 0 Å². The average Bonchev–Trinajstić information content (AvgIpc) is 3.60. The molecular weight excluding hydrogens is 514 g/mol. The average molecular weight is 548 g/mol. The SMILES string of the molecule is CCOc1ccc(NC(=O)N2Cc3c(CC)nn(-c4ccccc4)c3-n3cccc3[C@@H]2c2ccc(OC)cc2)cc1. The number of anilines is 1. The highest BCUT2D eigenvalue weighted by molar-refractivity contribution is 5.90. The van der Waals surface area contributed by atoms with Crippen LogP contribution in [0.2, 0.25) is 0 Å². The Balaban J connectivity index is 1.49. The second-order valence-corrected chi connectivity index (χ2v) is 9.84. The molecule has 8 heteroatoms. The largest absolute Gasteiger partial charge is 0.497 e. The van der Waals surface area contributed by atoms with E-state index in [0.717, 1.165) is 51.9 Å². The van der Waals surface area contributed by atoms with Crippen LogP contribution in [0.25, 0.3) is 11.5 Å². The third-order valence-corrected chi connectivity index (χ3v) is 7.41. The van der Waals surface area contributed by atoms with E-state index in [2.05, 4.69) is 41.2 Å². The second-order valence-electron chi connectivity index (χ2n) is 9.84. The quantitative estimate of drug-likeness (QED) is 0.244. The van der Waals surface area contributed by atoms with Gasteiger partial charge in [0.05, 0.1) is 43.4 Å². The summed E-state index contributed by atoms with van der Waals surface area (Å²) in [5.41, 5.74) is 5.59. The molecule has 1 atom stereocenters. The molecule has 8 nitrogen and oxygen atoms in total. The Labute approximate surface area is 239 Å². The number of nitrogens with zero attached hydrogens (tertiary/aromatic N) is 4. The summed E-state index contributed by atoms with van der Waals surface area (Å²) in [5.74, 6) is 2.47. The maximum absolute atomic E-state index is 14.2. The predicted molar refractivity (Wildman–Crippen MR) is 159 cm³/mol. The smallest absolute Gasteiger partial charge is 0.322 e. The molecule has 3 aromatic carbocycles. The summed E-state index contributed by atoms with van der Waals surface area (Å²) >= 11 is 0. The van der Waals surface area contributed by atoms with Crippen molar-refractivity contribution in [3.05, 3.63) is 120 Å². The van der Waals surface area contributed by atoms with Crippen LogP contribution < -0.4 is 14.8 Å². The third kappa shape index (κ3) is 4.93. The Kier molecular flexibility index (Phi) is 7.20. The first-order valence-electron chi connectivity index (χ1n) is 13.9. The van der Waals surface area contributed by atoms with Gasteiger partial charge in [0.25, 0.3) is 0 Å². The van der Waals surface area contributed by atoms with Crippen LogP contribution in [0, 0.1) is 0 Å². The first kappa shape index (κ1) is 26.3. The maximum atomic E-state index is 14.2. The van der Waals surface area contributed by atoms with E-state index in [1.54, 1.807) is 7.11 Å². The standard InChI is InChI=1S/C33H33N5O3/c1-4-29-28-22-37(33(39)34-24-15-19-27(20-16-24)41-5-2)31(23-13-17-26(40-3)18-14-23)30-12-9-21-36(30)32(28)38(35-29)25-10-7-6-8-11-25/h6-21,31H,4-5,22H2,1-3H3,(H,34,39)/t31-/m0/s1. The Bertz CT molecular complexity index is 1640. The number of carbonyl (C=O) groups is 1. The number of hydrogen-bond acceptors (Lipinski definition) is 4. The van der Waals surface area contributed by atoms with Crippen molar-refractivity contribution in [1.29, 1.82) is 0 Å². The zero-order valence-electron chi connectivity index (χ0n) is 23.4. The Morgan fingerprint density at radius 2 is 1.66 bits per heavy atom. The van der Waals surface area contributed by atoms with E-state index in [1.807, 2.05) is 89.3 Å². The Hall–Kier alpha value is -4.98. The van der Waals surface area contributed by atoms with Gasteiger partial charge in [0.2, 0.25) is 0 Å². The van der Waals surface area contributed by atoms with E-state index in [0.29, 0.717) is 18.8 Å². The number of nitrogens with one attached hydrogen (secondary N) is 1. The lowest BCUT2D eigenvalue weighted by atomic mass is 10.0. The maximum Gasteiger partial charge on any atom is 0.322 e. The van der Waals surface area contributed by atoms with Gasteiger partial charge in [-0.15, -0.1) is 0 Å². The highest BCUT2D eigenvalue weighted by Gasteiger charge is 2.36. The van der Waals surface area contributed by atoms with E-state index < -0.39 is 0 Å². The molecule has 1 N–H and O–H groups in total. The fraction of sp³-hybridized carbons (Fsp3) is 0.212. The molecule has 208 valence electrons. The fourth-order valence-corrected chi connectivity index (χ4v) is 5.48. The van der Waals surface area contributed by atoms with Crippen LogP contribution >= 0.6 is 0 Å². The number of urea groups is 1. The number of aromatic nitrogens is 3. The van der Waals surface area contributed by atoms with Crippen molar-refractivity contribution in [3.63, 3.8) is 0 Å². The third-order valence-electron chi connectivity index (χ3n) is 7.41. The monoisotopic (exact) mass is 547 g/mol. The molecule has 0 saturated heterocycles. The molecule has 6 rings (SSSR count). The second kappa shape index (κ2) is 11.3. The van der Waals surface area contributed by atoms with Crippen LogP contribution in [0.3, 0.4) is 0 Å².